The van der Waals surface area contributed by atoms with E-state index in [1.807, 2.05) is 84.9 Å². The minimum Gasteiger partial charge on any atom is -0.455 e. The van der Waals surface area contributed by atoms with Crippen LogP contribution in [0.3, 0.4) is 0 Å². The van der Waals surface area contributed by atoms with Gasteiger partial charge >= 0.3 is 0 Å². The number of furan rings is 2. The van der Waals surface area contributed by atoms with Crippen molar-refractivity contribution >= 4 is 65.7 Å². The molecule has 0 bridgehead atoms. The predicted octanol–water partition coefficient (Wildman–Crippen LogP) is 15.1. The Labute approximate surface area is 361 Å². The van der Waals surface area contributed by atoms with Crippen LogP contribution in [0, 0.1) is 0 Å². The van der Waals surface area contributed by atoms with Gasteiger partial charge in [-0.2, -0.15) is 9.97 Å². The lowest BCUT2D eigenvalue weighted by Gasteiger charge is -2.13. The molecule has 0 atom stereocenters. The van der Waals surface area contributed by atoms with Gasteiger partial charge in [-0.1, -0.05) is 176 Å². The molecule has 0 aliphatic rings. The number of nitrogens with zero attached hydrogens (tertiary/aromatic N) is 4. The smallest absolute Gasteiger partial charge is 0.238 e. The fraction of sp³-hybridized carbons (Fsp3) is 0. The first-order valence-corrected chi connectivity index (χ1v) is 21.1. The fourth-order valence-corrected chi connectivity index (χ4v) is 9.38. The highest BCUT2D eigenvalue weighted by Crippen LogP contribution is 2.43. The van der Waals surface area contributed by atoms with Crippen LogP contribution in [0.15, 0.2) is 215 Å². The average molecular weight is 807 g/mol. The van der Waals surface area contributed by atoms with E-state index in [0.717, 1.165) is 110 Å². The highest BCUT2D eigenvalue weighted by atomic mass is 16.3. The lowest BCUT2D eigenvalue weighted by Crippen LogP contribution is -2.07. The summed E-state index contributed by atoms with van der Waals surface area (Å²) in [6, 6.07) is 71.5. The van der Waals surface area contributed by atoms with Crippen molar-refractivity contribution in [2.45, 2.75) is 0 Å². The van der Waals surface area contributed by atoms with Gasteiger partial charge in [0, 0.05) is 60.1 Å². The predicted molar refractivity (Wildman–Crippen MR) is 256 cm³/mol. The van der Waals surface area contributed by atoms with Crippen molar-refractivity contribution in [1.29, 1.82) is 0 Å². The van der Waals surface area contributed by atoms with Gasteiger partial charge in [-0.05, 0) is 47.0 Å². The second-order valence-corrected chi connectivity index (χ2v) is 15.9. The third-order valence-electron chi connectivity index (χ3n) is 12.3. The van der Waals surface area contributed by atoms with E-state index in [9.17, 15) is 0 Å². The summed E-state index contributed by atoms with van der Waals surface area (Å²) in [4.78, 5) is 15.6. The first kappa shape index (κ1) is 35.2. The van der Waals surface area contributed by atoms with Gasteiger partial charge in [0.1, 0.15) is 22.3 Å². The molecule has 0 aliphatic carbocycles. The van der Waals surface area contributed by atoms with Crippen molar-refractivity contribution in [2.24, 2.45) is 0 Å². The molecule has 0 aliphatic heterocycles. The third-order valence-corrected chi connectivity index (χ3v) is 12.3. The van der Waals surface area contributed by atoms with Gasteiger partial charge < -0.3 is 8.83 Å². The highest BCUT2D eigenvalue weighted by molar-refractivity contribution is 6.16. The second kappa shape index (κ2) is 14.0. The molecule has 13 rings (SSSR count). The molecule has 0 fully saturated rings. The Morgan fingerprint density at radius 1 is 0.317 bits per heavy atom. The van der Waals surface area contributed by atoms with Gasteiger partial charge in [-0.25, -0.2) is 4.98 Å². The zero-order valence-electron chi connectivity index (χ0n) is 33.7. The minimum atomic E-state index is 0.533. The largest absolute Gasteiger partial charge is 0.455 e. The molecule has 63 heavy (non-hydrogen) atoms. The summed E-state index contributed by atoms with van der Waals surface area (Å²) in [5, 5.41) is 6.56. The molecule has 4 aromatic heterocycles. The zero-order valence-corrected chi connectivity index (χ0v) is 33.7. The minimum absolute atomic E-state index is 0.533. The summed E-state index contributed by atoms with van der Waals surface area (Å²) >= 11 is 0. The first-order chi connectivity index (χ1) is 31.2. The maximum absolute atomic E-state index is 6.55. The van der Waals surface area contributed by atoms with Crippen molar-refractivity contribution in [2.75, 3.05) is 0 Å². The quantitative estimate of drug-likeness (QED) is 0.167. The van der Waals surface area contributed by atoms with E-state index in [-0.39, 0.29) is 0 Å². The molecule has 0 saturated carbocycles. The Morgan fingerprint density at radius 3 is 1.38 bits per heavy atom. The molecule has 13 aromatic rings. The number of hydrogen-bond acceptors (Lipinski definition) is 5. The van der Waals surface area contributed by atoms with Crippen LogP contribution in [0.25, 0.3) is 128 Å². The van der Waals surface area contributed by atoms with Crippen LogP contribution in [0.5, 0.6) is 0 Å². The summed E-state index contributed by atoms with van der Waals surface area (Å²) in [5.74, 6) is 1.73. The van der Waals surface area contributed by atoms with Crippen molar-refractivity contribution < 1.29 is 8.83 Å². The second-order valence-electron chi connectivity index (χ2n) is 15.9. The summed E-state index contributed by atoms with van der Waals surface area (Å²) in [5.41, 5.74) is 13.6. The van der Waals surface area contributed by atoms with E-state index in [1.165, 1.54) is 0 Å². The molecule has 0 saturated heterocycles. The third kappa shape index (κ3) is 5.62. The maximum atomic E-state index is 6.55. The molecule has 9 aromatic carbocycles. The lowest BCUT2D eigenvalue weighted by molar-refractivity contribution is 0.669. The topological polar surface area (TPSA) is 69.9 Å². The molecule has 0 N–H and O–H groups in total. The Balaban J connectivity index is 1.08. The standard InChI is InChI=1S/C57H34N4O2/c1-3-15-35(16-4-1)55-58-56(36-17-5-2-6-18-36)60-57(59-55)61-49-32-31-39(42-25-14-28-47-44-22-8-10-30-51(44)63-54(42)47)34-48(49)45-26-12-23-40(52(45)61)37-19-11-20-38(33-37)41-24-13-27-46-43-21-7-9-29-50(43)62-53(41)46/h1-34H. The molecule has 0 radical (unpaired) electrons. The molecule has 0 unspecified atom stereocenters. The summed E-state index contributed by atoms with van der Waals surface area (Å²) in [6.07, 6.45) is 0. The van der Waals surface area contributed by atoms with Crippen molar-refractivity contribution in [1.82, 2.24) is 19.5 Å². The monoisotopic (exact) mass is 806 g/mol. The van der Waals surface area contributed by atoms with Crippen LogP contribution in [-0.4, -0.2) is 19.5 Å². The fourth-order valence-electron chi connectivity index (χ4n) is 9.38. The first-order valence-electron chi connectivity index (χ1n) is 21.1. The van der Waals surface area contributed by atoms with Crippen LogP contribution >= 0.6 is 0 Å². The molecular formula is C57H34N4O2. The van der Waals surface area contributed by atoms with E-state index in [0.29, 0.717) is 17.6 Å². The lowest BCUT2D eigenvalue weighted by atomic mass is 9.96. The van der Waals surface area contributed by atoms with Crippen molar-refractivity contribution in [3.63, 3.8) is 0 Å². The molecule has 4 heterocycles. The van der Waals surface area contributed by atoms with E-state index < -0.39 is 0 Å². The van der Waals surface area contributed by atoms with Crippen molar-refractivity contribution in [3.05, 3.63) is 206 Å². The van der Waals surface area contributed by atoms with E-state index in [2.05, 4.69) is 126 Å². The van der Waals surface area contributed by atoms with Gasteiger partial charge in [-0.3, -0.25) is 4.57 Å². The van der Waals surface area contributed by atoms with Crippen LogP contribution in [0.4, 0.5) is 0 Å². The van der Waals surface area contributed by atoms with E-state index >= 15 is 0 Å². The number of hydrogen-bond donors (Lipinski definition) is 0. The number of benzene rings is 9. The van der Waals surface area contributed by atoms with Crippen LogP contribution in [0.1, 0.15) is 0 Å². The molecule has 6 heteroatoms. The number of para-hydroxylation sites is 5. The summed E-state index contributed by atoms with van der Waals surface area (Å²) in [6.45, 7) is 0. The van der Waals surface area contributed by atoms with Gasteiger partial charge in [0.05, 0.1) is 11.0 Å². The molecular weight excluding hydrogens is 773 g/mol. The molecule has 0 amide bonds. The van der Waals surface area contributed by atoms with E-state index in [1.54, 1.807) is 0 Å². The zero-order chi connectivity index (χ0) is 41.4. The number of rotatable bonds is 6. The van der Waals surface area contributed by atoms with Crippen molar-refractivity contribution in [3.8, 4) is 62.1 Å². The molecule has 0 spiro atoms. The van der Waals surface area contributed by atoms with Crippen LogP contribution < -0.4 is 0 Å². The number of aromatic nitrogens is 4. The Kier molecular flexibility index (Phi) is 7.80. The Morgan fingerprint density at radius 2 is 0.778 bits per heavy atom. The van der Waals surface area contributed by atoms with Gasteiger partial charge in [0.2, 0.25) is 5.95 Å². The Hall–Kier alpha value is -8.61. The maximum Gasteiger partial charge on any atom is 0.238 e. The molecule has 294 valence electrons. The van der Waals surface area contributed by atoms with Crippen LogP contribution in [-0.2, 0) is 0 Å². The summed E-state index contributed by atoms with van der Waals surface area (Å²) in [7, 11) is 0. The number of fused-ring (bicyclic) bond motifs is 9. The average Bonchev–Trinajstić information content (AvgIpc) is 4.04. The van der Waals surface area contributed by atoms with Gasteiger partial charge in [-0.15, -0.1) is 0 Å². The van der Waals surface area contributed by atoms with E-state index in [4.69, 9.17) is 23.8 Å². The van der Waals surface area contributed by atoms with Gasteiger partial charge in [0.15, 0.2) is 11.6 Å². The normalized spacial score (nSPS) is 11.8. The Bertz CT molecular complexity index is 3860. The SMILES string of the molecule is c1ccc(-c2nc(-c3ccccc3)nc(-n3c4ccc(-c5cccc6c5oc5ccccc56)cc4c4cccc(-c5cccc(-c6cccc7c6oc6ccccc67)c5)c43)n2)cc1. The van der Waals surface area contributed by atoms with Crippen LogP contribution in [0.2, 0.25) is 0 Å². The summed E-state index contributed by atoms with van der Waals surface area (Å²) < 4.78 is 15.3. The van der Waals surface area contributed by atoms with Gasteiger partial charge in [0.25, 0.3) is 0 Å². The highest BCUT2D eigenvalue weighted by Gasteiger charge is 2.23. The molecule has 6 nitrogen and oxygen atoms in total.